The van der Waals surface area contributed by atoms with Gasteiger partial charge >= 0.3 is 0 Å². The molecule has 174 valence electrons. The Morgan fingerprint density at radius 1 is 0.882 bits per heavy atom. The SMILES string of the molecule is COc1ccc(-c2ccc(-c3cc(Nc4ccc(CNCC5CC5)cc4)n[nH]3)cc2)c(OC)c1. The molecule has 6 nitrogen and oxygen atoms in total. The van der Waals surface area contributed by atoms with Crippen molar-refractivity contribution in [2.75, 3.05) is 26.1 Å². The van der Waals surface area contributed by atoms with Crippen molar-refractivity contribution in [2.45, 2.75) is 19.4 Å². The Morgan fingerprint density at radius 3 is 2.35 bits per heavy atom. The third-order valence-corrected chi connectivity index (χ3v) is 6.18. The minimum Gasteiger partial charge on any atom is -0.497 e. The topological polar surface area (TPSA) is 71.2 Å². The Morgan fingerprint density at radius 2 is 1.65 bits per heavy atom. The van der Waals surface area contributed by atoms with Gasteiger partial charge in [0, 0.05) is 29.9 Å². The molecule has 6 heteroatoms. The molecular weight excluding hydrogens is 424 g/mol. The molecule has 0 spiro atoms. The summed E-state index contributed by atoms with van der Waals surface area (Å²) in [4.78, 5) is 0. The third-order valence-electron chi connectivity index (χ3n) is 6.18. The summed E-state index contributed by atoms with van der Waals surface area (Å²) in [6.45, 7) is 2.05. The number of nitrogens with zero attached hydrogens (tertiary/aromatic N) is 1. The lowest BCUT2D eigenvalue weighted by Crippen LogP contribution is -2.15. The van der Waals surface area contributed by atoms with Crippen LogP contribution in [0.4, 0.5) is 11.5 Å². The zero-order chi connectivity index (χ0) is 23.3. The summed E-state index contributed by atoms with van der Waals surface area (Å²) in [6.07, 6.45) is 2.76. The molecule has 0 unspecified atom stereocenters. The van der Waals surface area contributed by atoms with Gasteiger partial charge in [-0.2, -0.15) is 5.10 Å². The molecule has 1 aromatic heterocycles. The fraction of sp³-hybridized carbons (Fsp3) is 0.250. The van der Waals surface area contributed by atoms with Crippen LogP contribution in [0.1, 0.15) is 18.4 Å². The summed E-state index contributed by atoms with van der Waals surface area (Å²) in [5.41, 5.74) is 6.43. The van der Waals surface area contributed by atoms with Gasteiger partial charge in [-0.25, -0.2) is 0 Å². The average Bonchev–Trinajstić information content (AvgIpc) is 3.60. The second kappa shape index (κ2) is 10.0. The number of H-pyrrole nitrogens is 1. The highest BCUT2D eigenvalue weighted by Gasteiger charge is 2.20. The number of aromatic amines is 1. The van der Waals surface area contributed by atoms with Crippen LogP contribution in [0, 0.1) is 5.92 Å². The van der Waals surface area contributed by atoms with Gasteiger partial charge in [0.15, 0.2) is 5.82 Å². The molecule has 4 aromatic rings. The maximum absolute atomic E-state index is 5.55. The lowest BCUT2D eigenvalue weighted by molar-refractivity contribution is 0.395. The molecule has 0 atom stereocenters. The zero-order valence-corrected chi connectivity index (χ0v) is 19.6. The van der Waals surface area contributed by atoms with Crippen molar-refractivity contribution in [2.24, 2.45) is 5.92 Å². The molecule has 1 aliphatic rings. The minimum atomic E-state index is 0.773. The number of nitrogens with one attached hydrogen (secondary N) is 3. The molecule has 1 heterocycles. The van der Waals surface area contributed by atoms with E-state index in [9.17, 15) is 0 Å². The smallest absolute Gasteiger partial charge is 0.152 e. The van der Waals surface area contributed by atoms with E-state index in [1.807, 2.05) is 24.3 Å². The third kappa shape index (κ3) is 5.24. The monoisotopic (exact) mass is 454 g/mol. The highest BCUT2D eigenvalue weighted by molar-refractivity contribution is 5.75. The molecule has 0 amide bonds. The van der Waals surface area contributed by atoms with Gasteiger partial charge in [0.25, 0.3) is 0 Å². The fourth-order valence-corrected chi connectivity index (χ4v) is 4.00. The largest absolute Gasteiger partial charge is 0.497 e. The van der Waals surface area contributed by atoms with Gasteiger partial charge in [-0.15, -0.1) is 0 Å². The summed E-state index contributed by atoms with van der Waals surface area (Å²) in [7, 11) is 3.32. The van der Waals surface area contributed by atoms with E-state index in [1.54, 1.807) is 14.2 Å². The van der Waals surface area contributed by atoms with E-state index in [-0.39, 0.29) is 0 Å². The Hall–Kier alpha value is -3.77. The van der Waals surface area contributed by atoms with Crippen LogP contribution in [-0.2, 0) is 6.54 Å². The van der Waals surface area contributed by atoms with E-state index in [1.165, 1.54) is 18.4 Å². The van der Waals surface area contributed by atoms with Crippen LogP contribution in [0.25, 0.3) is 22.4 Å². The van der Waals surface area contributed by atoms with Crippen molar-refractivity contribution in [1.82, 2.24) is 15.5 Å². The van der Waals surface area contributed by atoms with Crippen LogP contribution >= 0.6 is 0 Å². The number of benzene rings is 3. The highest BCUT2D eigenvalue weighted by Crippen LogP contribution is 2.34. The molecule has 1 aliphatic carbocycles. The van der Waals surface area contributed by atoms with Gasteiger partial charge in [0.05, 0.1) is 19.9 Å². The molecule has 3 N–H and O–H groups in total. The quantitative estimate of drug-likeness (QED) is 0.274. The fourth-order valence-electron chi connectivity index (χ4n) is 4.00. The molecule has 0 bridgehead atoms. The number of anilines is 2. The minimum absolute atomic E-state index is 0.773. The van der Waals surface area contributed by atoms with Crippen molar-refractivity contribution in [3.8, 4) is 33.9 Å². The summed E-state index contributed by atoms with van der Waals surface area (Å²) < 4.78 is 10.8. The first-order chi connectivity index (χ1) is 16.7. The Bertz CT molecular complexity index is 1230. The van der Waals surface area contributed by atoms with E-state index in [2.05, 4.69) is 69.4 Å². The number of rotatable bonds is 10. The number of aromatic nitrogens is 2. The van der Waals surface area contributed by atoms with E-state index >= 15 is 0 Å². The van der Waals surface area contributed by atoms with Crippen LogP contribution in [0.5, 0.6) is 11.5 Å². The van der Waals surface area contributed by atoms with Crippen LogP contribution in [0.2, 0.25) is 0 Å². The second-order valence-electron chi connectivity index (χ2n) is 8.71. The number of hydrogen-bond acceptors (Lipinski definition) is 5. The molecule has 0 radical (unpaired) electrons. The standard InChI is InChI=1S/C28H30N4O2/c1-33-24-13-14-25(27(15-24)34-2)21-7-9-22(10-8-21)26-16-28(32-31-26)30-23-11-5-20(6-12-23)18-29-17-19-3-4-19/h5-16,19,29H,3-4,17-18H2,1-2H3,(H2,30,31,32). The Labute approximate surface area is 200 Å². The Kier molecular flexibility index (Phi) is 6.49. The molecule has 34 heavy (non-hydrogen) atoms. The average molecular weight is 455 g/mol. The van der Waals surface area contributed by atoms with Gasteiger partial charge in [0.1, 0.15) is 11.5 Å². The van der Waals surface area contributed by atoms with Crippen molar-refractivity contribution in [1.29, 1.82) is 0 Å². The van der Waals surface area contributed by atoms with E-state index in [0.717, 1.165) is 64.4 Å². The second-order valence-corrected chi connectivity index (χ2v) is 8.71. The van der Waals surface area contributed by atoms with E-state index < -0.39 is 0 Å². The van der Waals surface area contributed by atoms with Crippen molar-refractivity contribution < 1.29 is 9.47 Å². The summed E-state index contributed by atoms with van der Waals surface area (Å²) in [5.74, 6) is 3.24. The van der Waals surface area contributed by atoms with E-state index in [0.29, 0.717) is 0 Å². The lowest BCUT2D eigenvalue weighted by Gasteiger charge is -2.11. The van der Waals surface area contributed by atoms with Crippen LogP contribution in [0.3, 0.4) is 0 Å². The molecule has 0 saturated heterocycles. The van der Waals surface area contributed by atoms with E-state index in [4.69, 9.17) is 9.47 Å². The summed E-state index contributed by atoms with van der Waals surface area (Å²) in [6, 6.07) is 24.7. The van der Waals surface area contributed by atoms with Gasteiger partial charge in [-0.3, -0.25) is 5.10 Å². The summed E-state index contributed by atoms with van der Waals surface area (Å²) in [5, 5.41) is 14.5. The highest BCUT2D eigenvalue weighted by atomic mass is 16.5. The maximum atomic E-state index is 5.55. The van der Waals surface area contributed by atoms with Crippen LogP contribution < -0.4 is 20.1 Å². The number of ether oxygens (including phenoxy) is 2. The van der Waals surface area contributed by atoms with Crippen LogP contribution in [0.15, 0.2) is 72.8 Å². The molecule has 1 saturated carbocycles. The van der Waals surface area contributed by atoms with Crippen molar-refractivity contribution in [3.63, 3.8) is 0 Å². The first-order valence-electron chi connectivity index (χ1n) is 11.7. The predicted molar refractivity (Wildman–Crippen MR) is 137 cm³/mol. The maximum Gasteiger partial charge on any atom is 0.152 e. The van der Waals surface area contributed by atoms with Crippen LogP contribution in [-0.4, -0.2) is 31.0 Å². The van der Waals surface area contributed by atoms with Crippen molar-refractivity contribution >= 4 is 11.5 Å². The van der Waals surface area contributed by atoms with Gasteiger partial charge in [-0.1, -0.05) is 36.4 Å². The number of hydrogen-bond donors (Lipinski definition) is 3. The molecular formula is C28H30N4O2. The summed E-state index contributed by atoms with van der Waals surface area (Å²) >= 11 is 0. The molecule has 5 rings (SSSR count). The predicted octanol–water partition coefficient (Wildman–Crippen LogP) is 6.00. The normalized spacial score (nSPS) is 13.0. The molecule has 3 aromatic carbocycles. The molecule has 0 aliphatic heterocycles. The Balaban J connectivity index is 1.23. The number of methoxy groups -OCH3 is 2. The van der Waals surface area contributed by atoms with Gasteiger partial charge < -0.3 is 20.1 Å². The molecule has 1 fully saturated rings. The zero-order valence-electron chi connectivity index (χ0n) is 19.6. The van der Waals surface area contributed by atoms with Crippen molar-refractivity contribution in [3.05, 3.63) is 78.4 Å². The first-order valence-corrected chi connectivity index (χ1v) is 11.7. The lowest BCUT2D eigenvalue weighted by atomic mass is 10.0. The van der Waals surface area contributed by atoms with Gasteiger partial charge in [-0.05, 0) is 66.3 Å². The first kappa shape index (κ1) is 22.0. The van der Waals surface area contributed by atoms with Gasteiger partial charge in [0.2, 0.25) is 0 Å².